The molecule has 0 spiro atoms. The molecule has 0 heterocycles. The van der Waals surface area contributed by atoms with Crippen LogP contribution in [0.15, 0.2) is 48.6 Å². The zero-order valence-corrected chi connectivity index (χ0v) is 51.2. The number of nitrogens with one attached hydrogen (secondary N) is 1. The summed E-state index contributed by atoms with van der Waals surface area (Å²) in [6.45, 7) is 6.98. The maximum absolute atomic E-state index is 13.5. The van der Waals surface area contributed by atoms with Crippen molar-refractivity contribution in [2.45, 2.75) is 315 Å². The number of carbonyl (C=O) groups excluding carboxylic acids is 2. The van der Waals surface area contributed by atoms with Crippen molar-refractivity contribution < 1.29 is 37.3 Å². The van der Waals surface area contributed by atoms with Gasteiger partial charge in [0.05, 0.1) is 33.8 Å². The number of nitrogens with zero attached hydrogens (tertiary/aromatic N) is 1. The fraction of sp³-hybridized carbons (Fsp3) is 0.846. The molecule has 0 saturated heterocycles. The van der Waals surface area contributed by atoms with Crippen molar-refractivity contribution in [3.63, 3.8) is 0 Å². The summed E-state index contributed by atoms with van der Waals surface area (Å²) in [6.07, 6.45) is 68.5. The van der Waals surface area contributed by atoms with Crippen LogP contribution < -0.4 is 5.32 Å². The molecular weight excluding hydrogens is 952 g/mol. The smallest absolute Gasteiger partial charge is 0.456 e. The summed E-state index contributed by atoms with van der Waals surface area (Å²) in [7, 11) is 1.47. The molecule has 0 aliphatic rings. The Labute approximate surface area is 465 Å². The van der Waals surface area contributed by atoms with Crippen LogP contribution in [0.2, 0.25) is 0 Å². The Balaban J connectivity index is 5.19. The van der Waals surface area contributed by atoms with Crippen LogP contribution in [0.3, 0.4) is 0 Å². The molecule has 0 saturated carbocycles. The molecule has 2 N–H and O–H groups in total. The van der Waals surface area contributed by atoms with Crippen LogP contribution in [0.1, 0.15) is 303 Å². The third-order valence-electron chi connectivity index (χ3n) is 14.3. The van der Waals surface area contributed by atoms with Crippen LogP contribution in [-0.2, 0) is 27.9 Å². The first-order valence-electron chi connectivity index (χ1n) is 32.0. The number of quaternary nitrogens is 1. The van der Waals surface area contributed by atoms with Gasteiger partial charge in [-0.15, -0.1) is 0 Å². The topological polar surface area (TPSA) is 111 Å². The largest absolute Gasteiger partial charge is 0.472 e. The van der Waals surface area contributed by atoms with Gasteiger partial charge in [-0.05, 0) is 76.7 Å². The van der Waals surface area contributed by atoms with E-state index in [9.17, 15) is 19.0 Å². The number of phosphoric ester groups is 1. The molecule has 3 unspecified atom stereocenters. The zero-order valence-electron chi connectivity index (χ0n) is 50.3. The van der Waals surface area contributed by atoms with Crippen LogP contribution in [0.25, 0.3) is 0 Å². The van der Waals surface area contributed by atoms with Gasteiger partial charge in [0, 0.05) is 12.8 Å². The SMILES string of the molecule is CCCCCCCC/C=C\C/C=C/CCC(=O)NC(COP(=O)(O)OCC[N+](C)(C)C)C(/C=C\CCCCCCCCCCCCC)OC(=O)CCCCCCCCCCCCCCC/C=C/CCCCCCCC. The Morgan fingerprint density at radius 3 is 1.24 bits per heavy atom. The van der Waals surface area contributed by atoms with Gasteiger partial charge in [0.1, 0.15) is 19.3 Å². The van der Waals surface area contributed by atoms with E-state index >= 15 is 0 Å². The van der Waals surface area contributed by atoms with E-state index in [1.165, 1.54) is 212 Å². The quantitative estimate of drug-likeness (QED) is 0.0205. The predicted molar refractivity (Wildman–Crippen MR) is 323 cm³/mol. The minimum Gasteiger partial charge on any atom is -0.456 e. The zero-order chi connectivity index (χ0) is 55.0. The van der Waals surface area contributed by atoms with Crippen LogP contribution >= 0.6 is 7.82 Å². The number of rotatable bonds is 58. The number of amides is 1. The monoisotopic (exact) mass is 1080 g/mol. The van der Waals surface area contributed by atoms with Crippen molar-refractivity contribution in [2.75, 3.05) is 40.9 Å². The molecule has 1 amide bonds. The maximum atomic E-state index is 13.5. The Bertz CT molecular complexity index is 1420. The Morgan fingerprint density at radius 1 is 0.467 bits per heavy atom. The van der Waals surface area contributed by atoms with Crippen molar-refractivity contribution in [3.8, 4) is 0 Å². The van der Waals surface area contributed by atoms with Gasteiger partial charge < -0.3 is 19.4 Å². The van der Waals surface area contributed by atoms with Crippen molar-refractivity contribution in [1.82, 2.24) is 5.32 Å². The fourth-order valence-electron chi connectivity index (χ4n) is 9.28. The van der Waals surface area contributed by atoms with Gasteiger partial charge >= 0.3 is 13.8 Å². The summed E-state index contributed by atoms with van der Waals surface area (Å²) in [5.74, 6) is -0.574. The lowest BCUT2D eigenvalue weighted by molar-refractivity contribution is -0.870. The van der Waals surface area contributed by atoms with Gasteiger partial charge in [0.15, 0.2) is 0 Å². The third kappa shape index (κ3) is 56.5. The summed E-state index contributed by atoms with van der Waals surface area (Å²) in [5, 5.41) is 3.02. The first kappa shape index (κ1) is 73.0. The van der Waals surface area contributed by atoms with Crippen molar-refractivity contribution in [3.05, 3.63) is 48.6 Å². The van der Waals surface area contributed by atoms with Crippen molar-refractivity contribution >= 4 is 19.7 Å². The number of esters is 1. The van der Waals surface area contributed by atoms with Crippen LogP contribution in [0.5, 0.6) is 0 Å². The van der Waals surface area contributed by atoms with Crippen LogP contribution in [-0.4, -0.2) is 74.3 Å². The lowest BCUT2D eigenvalue weighted by Gasteiger charge is -2.27. The van der Waals surface area contributed by atoms with Gasteiger partial charge in [0.2, 0.25) is 5.91 Å². The maximum Gasteiger partial charge on any atom is 0.472 e. The molecule has 0 rings (SSSR count). The predicted octanol–water partition coefficient (Wildman–Crippen LogP) is 19.7. The number of likely N-dealkylation sites (N-methyl/N-ethyl adjacent to an activating group) is 1. The summed E-state index contributed by atoms with van der Waals surface area (Å²) in [4.78, 5) is 37.6. The molecule has 0 fully saturated rings. The second-order valence-corrected chi connectivity index (χ2v) is 24.4. The molecule has 75 heavy (non-hydrogen) atoms. The van der Waals surface area contributed by atoms with Gasteiger partial charge in [0.25, 0.3) is 0 Å². The number of carbonyl (C=O) groups is 2. The highest BCUT2D eigenvalue weighted by Crippen LogP contribution is 2.43. The molecule has 3 atom stereocenters. The van der Waals surface area contributed by atoms with E-state index in [2.05, 4.69) is 56.5 Å². The highest BCUT2D eigenvalue weighted by molar-refractivity contribution is 7.47. The van der Waals surface area contributed by atoms with E-state index in [0.29, 0.717) is 17.4 Å². The lowest BCUT2D eigenvalue weighted by atomic mass is 10.0. The lowest BCUT2D eigenvalue weighted by Crippen LogP contribution is -2.47. The average Bonchev–Trinajstić information content (AvgIpc) is 3.37. The molecule has 0 radical (unpaired) electrons. The average molecular weight is 1080 g/mol. The molecule has 9 nitrogen and oxygen atoms in total. The van der Waals surface area contributed by atoms with Gasteiger partial charge in [-0.3, -0.25) is 18.6 Å². The van der Waals surface area contributed by atoms with E-state index in [-0.39, 0.29) is 37.9 Å². The number of unbranched alkanes of at least 4 members (excludes halogenated alkanes) is 36. The normalized spacial score (nSPS) is 14.0. The van der Waals surface area contributed by atoms with Gasteiger partial charge in [-0.25, -0.2) is 4.57 Å². The fourth-order valence-corrected chi connectivity index (χ4v) is 10.0. The molecule has 0 aromatic rings. The summed E-state index contributed by atoms with van der Waals surface area (Å²) in [6, 6.07) is -0.877. The molecule has 10 heteroatoms. The number of allylic oxidation sites excluding steroid dienone is 7. The molecule has 0 aromatic carbocycles. The van der Waals surface area contributed by atoms with Crippen LogP contribution in [0, 0.1) is 0 Å². The molecule has 0 aliphatic heterocycles. The van der Waals surface area contributed by atoms with E-state index in [0.717, 1.165) is 51.4 Å². The molecule has 440 valence electrons. The number of phosphoric acid groups is 1. The van der Waals surface area contributed by atoms with E-state index in [4.69, 9.17) is 13.8 Å². The number of hydrogen-bond donors (Lipinski definition) is 2. The highest BCUT2D eigenvalue weighted by Gasteiger charge is 2.30. The van der Waals surface area contributed by atoms with Crippen molar-refractivity contribution in [1.29, 1.82) is 0 Å². The summed E-state index contributed by atoms with van der Waals surface area (Å²) in [5.41, 5.74) is 0. The molecule has 0 bridgehead atoms. The minimum absolute atomic E-state index is 0.0319. The van der Waals surface area contributed by atoms with E-state index in [1.807, 2.05) is 39.4 Å². The van der Waals surface area contributed by atoms with Gasteiger partial charge in [-0.1, -0.05) is 262 Å². The van der Waals surface area contributed by atoms with Crippen LogP contribution in [0.4, 0.5) is 0 Å². The van der Waals surface area contributed by atoms with Gasteiger partial charge in [-0.2, -0.15) is 0 Å². The number of ether oxygens (including phenoxy) is 1. The summed E-state index contributed by atoms with van der Waals surface area (Å²) < 4.78 is 30.7. The highest BCUT2D eigenvalue weighted by atomic mass is 31.2. The third-order valence-corrected chi connectivity index (χ3v) is 15.2. The molecule has 0 aliphatic carbocycles. The van der Waals surface area contributed by atoms with Crippen molar-refractivity contribution in [2.24, 2.45) is 0 Å². The Hall–Kier alpha value is -2.03. The summed E-state index contributed by atoms with van der Waals surface area (Å²) >= 11 is 0. The second kappa shape index (κ2) is 55.3. The second-order valence-electron chi connectivity index (χ2n) is 22.9. The molecular formula is C65H124N2O7P+. The first-order chi connectivity index (χ1) is 36.4. The Kier molecular flexibility index (Phi) is 53.8. The Morgan fingerprint density at radius 2 is 0.827 bits per heavy atom. The molecule has 0 aromatic heterocycles. The standard InChI is InChI=1S/C65H123N2O7P/c1-7-10-13-16-19-22-25-28-29-30-31-32-33-34-35-36-37-40-43-46-49-52-55-58-65(69)74-63(56-53-50-47-44-41-38-26-23-20-17-14-11-8-2)62(61-73-75(70,71)72-60-59-67(4,5)6)66-64(68)57-54-51-48-45-42-39-27-24-21-18-15-12-9-3/h28-29,39,42,48,51,53,56,62-63H,7-27,30-38,40-41,43-47,49-50,52,54-55,57-61H2,1-6H3,(H-,66,68,70,71)/p+1/b29-28+,42-39-,51-48+,56-53-. The minimum atomic E-state index is -4.46. The first-order valence-corrected chi connectivity index (χ1v) is 33.5. The number of hydrogen-bond acceptors (Lipinski definition) is 6. The van der Waals surface area contributed by atoms with E-state index < -0.39 is 20.0 Å². The van der Waals surface area contributed by atoms with E-state index in [1.54, 1.807) is 0 Å².